The number of amides is 1. The van der Waals surface area contributed by atoms with Gasteiger partial charge in [0.25, 0.3) is 0 Å². The van der Waals surface area contributed by atoms with Crippen LogP contribution in [0.5, 0.6) is 0 Å². The number of Topliss-reactive ketones (excluding diaryl/α,β-unsaturated/α-hetero) is 1. The second-order valence-electron chi connectivity index (χ2n) is 4.73. The van der Waals surface area contributed by atoms with E-state index in [0.29, 0.717) is 5.69 Å². The molecule has 6 heteroatoms. The van der Waals surface area contributed by atoms with Gasteiger partial charge in [-0.25, -0.2) is 4.98 Å². The molecule has 0 unspecified atom stereocenters. The largest absolute Gasteiger partial charge is 0.323 e. The minimum absolute atomic E-state index is 0.0811. The summed E-state index contributed by atoms with van der Waals surface area (Å²) >= 11 is 3.30. The Morgan fingerprint density at radius 1 is 1.53 bits per heavy atom. The zero-order valence-electron chi connectivity index (χ0n) is 10.9. The van der Waals surface area contributed by atoms with Crippen LogP contribution in [-0.2, 0) is 4.79 Å². The predicted octanol–water partition coefficient (Wildman–Crippen LogP) is 2.08. The van der Waals surface area contributed by atoms with Crippen molar-refractivity contribution in [1.82, 2.24) is 9.88 Å². The van der Waals surface area contributed by atoms with E-state index in [2.05, 4.69) is 26.2 Å². The number of pyridine rings is 1. The molecule has 0 aromatic carbocycles. The molecule has 5 nitrogen and oxygen atoms in total. The highest BCUT2D eigenvalue weighted by Gasteiger charge is 2.28. The van der Waals surface area contributed by atoms with Crippen LogP contribution in [-0.4, -0.2) is 41.2 Å². The van der Waals surface area contributed by atoms with E-state index in [4.69, 9.17) is 0 Å². The molecule has 0 bridgehead atoms. The van der Waals surface area contributed by atoms with E-state index in [0.717, 1.165) is 23.9 Å². The van der Waals surface area contributed by atoms with Crippen LogP contribution >= 0.6 is 15.9 Å². The van der Waals surface area contributed by atoms with Crippen molar-refractivity contribution >= 4 is 33.3 Å². The summed E-state index contributed by atoms with van der Waals surface area (Å²) in [4.78, 5) is 29.8. The molecule has 1 aromatic rings. The zero-order chi connectivity index (χ0) is 14.0. The van der Waals surface area contributed by atoms with Crippen LogP contribution < -0.4 is 5.32 Å². The number of aromatic nitrogens is 1. The minimum atomic E-state index is -0.164. The fourth-order valence-electron chi connectivity index (χ4n) is 2.27. The number of carbonyl (C=O) groups is 2. The van der Waals surface area contributed by atoms with Gasteiger partial charge < -0.3 is 5.32 Å². The van der Waals surface area contributed by atoms with Gasteiger partial charge in [-0.1, -0.05) is 0 Å². The highest BCUT2D eigenvalue weighted by Crippen LogP contribution is 2.22. The molecule has 0 saturated carbocycles. The summed E-state index contributed by atoms with van der Waals surface area (Å²) in [6.45, 7) is 2.36. The molecule has 102 valence electrons. The van der Waals surface area contributed by atoms with E-state index in [1.165, 1.54) is 6.92 Å². The van der Waals surface area contributed by atoms with Gasteiger partial charge in [0.15, 0.2) is 5.78 Å². The van der Waals surface area contributed by atoms with Crippen molar-refractivity contribution in [2.45, 2.75) is 25.8 Å². The Bertz CT molecular complexity index is 519. The van der Waals surface area contributed by atoms with Gasteiger partial charge in [-0.2, -0.15) is 0 Å². The summed E-state index contributed by atoms with van der Waals surface area (Å²) in [6, 6.07) is 1.58. The standard InChI is InChI=1S/C13H16BrN3O2/c1-8(18)12-10(6-9(14)7-15-12)16-13(19)11-4-3-5-17(11)2/h6-7,11H,3-5H2,1-2H3,(H,16,19)/t11-/m0/s1. The molecular weight excluding hydrogens is 310 g/mol. The lowest BCUT2D eigenvalue weighted by Gasteiger charge is -2.19. The molecule has 2 heterocycles. The number of rotatable bonds is 3. The number of hydrogen-bond donors (Lipinski definition) is 1. The number of likely N-dealkylation sites (N-methyl/N-ethyl adjacent to an activating group) is 1. The number of nitrogens with one attached hydrogen (secondary N) is 1. The van der Waals surface area contributed by atoms with Crippen molar-refractivity contribution in [2.24, 2.45) is 0 Å². The van der Waals surface area contributed by atoms with Crippen molar-refractivity contribution in [1.29, 1.82) is 0 Å². The molecule has 0 radical (unpaired) electrons. The first kappa shape index (κ1) is 14.1. The van der Waals surface area contributed by atoms with Crippen LogP contribution in [0, 0.1) is 0 Å². The van der Waals surface area contributed by atoms with Gasteiger partial charge in [0, 0.05) is 17.6 Å². The van der Waals surface area contributed by atoms with Crippen LogP contribution in [0.25, 0.3) is 0 Å². The Balaban J connectivity index is 2.20. The summed E-state index contributed by atoms with van der Waals surface area (Å²) in [6.07, 6.45) is 3.41. The minimum Gasteiger partial charge on any atom is -0.323 e. The van der Waals surface area contributed by atoms with E-state index >= 15 is 0 Å². The van der Waals surface area contributed by atoms with Gasteiger partial charge in [0.2, 0.25) is 5.91 Å². The third-order valence-electron chi connectivity index (χ3n) is 3.27. The smallest absolute Gasteiger partial charge is 0.241 e. The quantitative estimate of drug-likeness (QED) is 0.864. The summed E-state index contributed by atoms with van der Waals surface area (Å²) in [5.74, 6) is -0.245. The number of anilines is 1. The van der Waals surface area contributed by atoms with E-state index in [9.17, 15) is 9.59 Å². The maximum atomic E-state index is 12.2. The molecule has 1 fully saturated rings. The van der Waals surface area contributed by atoms with Gasteiger partial charge in [-0.3, -0.25) is 14.5 Å². The molecule has 1 atom stereocenters. The number of ketones is 1. The Morgan fingerprint density at radius 2 is 2.26 bits per heavy atom. The van der Waals surface area contributed by atoms with E-state index in [-0.39, 0.29) is 23.4 Å². The van der Waals surface area contributed by atoms with Crippen LogP contribution in [0.2, 0.25) is 0 Å². The summed E-state index contributed by atoms with van der Waals surface area (Å²) in [5.41, 5.74) is 0.754. The van der Waals surface area contributed by atoms with Crippen LogP contribution in [0.1, 0.15) is 30.3 Å². The van der Waals surface area contributed by atoms with Gasteiger partial charge in [-0.15, -0.1) is 0 Å². The number of hydrogen-bond acceptors (Lipinski definition) is 4. The van der Waals surface area contributed by atoms with Crippen LogP contribution in [0.3, 0.4) is 0 Å². The van der Waals surface area contributed by atoms with Crippen LogP contribution in [0.15, 0.2) is 16.7 Å². The van der Waals surface area contributed by atoms with Crippen molar-refractivity contribution in [2.75, 3.05) is 18.9 Å². The van der Waals surface area contributed by atoms with E-state index in [1.54, 1.807) is 12.3 Å². The Kier molecular flexibility index (Phi) is 4.31. The van der Waals surface area contributed by atoms with Gasteiger partial charge in [0.05, 0.1) is 11.7 Å². The average molecular weight is 326 g/mol. The van der Waals surface area contributed by atoms with Crippen molar-refractivity contribution in [3.8, 4) is 0 Å². The average Bonchev–Trinajstić information content (AvgIpc) is 2.75. The SMILES string of the molecule is CC(=O)c1ncc(Br)cc1NC(=O)[C@@H]1CCCN1C. The fourth-order valence-corrected chi connectivity index (χ4v) is 2.60. The predicted molar refractivity (Wildman–Crippen MR) is 76.2 cm³/mol. The first-order valence-electron chi connectivity index (χ1n) is 6.16. The second-order valence-corrected chi connectivity index (χ2v) is 5.65. The number of carbonyl (C=O) groups excluding carboxylic acids is 2. The molecule has 1 aliphatic heterocycles. The molecule has 1 amide bonds. The zero-order valence-corrected chi connectivity index (χ0v) is 12.5. The molecule has 0 spiro atoms. The molecule has 1 aliphatic rings. The van der Waals surface area contributed by atoms with E-state index in [1.807, 2.05) is 11.9 Å². The Labute approximate surface area is 120 Å². The van der Waals surface area contributed by atoms with Crippen molar-refractivity contribution < 1.29 is 9.59 Å². The monoisotopic (exact) mass is 325 g/mol. The molecular formula is C13H16BrN3O2. The number of likely N-dealkylation sites (tertiary alicyclic amines) is 1. The molecule has 1 saturated heterocycles. The maximum absolute atomic E-state index is 12.2. The third-order valence-corrected chi connectivity index (χ3v) is 3.70. The van der Waals surface area contributed by atoms with Crippen LogP contribution in [0.4, 0.5) is 5.69 Å². The summed E-state index contributed by atoms with van der Waals surface area (Å²) in [5, 5.41) is 2.81. The Morgan fingerprint density at radius 3 is 2.84 bits per heavy atom. The topological polar surface area (TPSA) is 62.3 Å². The molecule has 2 rings (SSSR count). The number of nitrogens with zero attached hydrogens (tertiary/aromatic N) is 2. The second kappa shape index (κ2) is 5.79. The normalized spacial score (nSPS) is 19.4. The fraction of sp³-hybridized carbons (Fsp3) is 0.462. The Hall–Kier alpha value is -1.27. The van der Waals surface area contributed by atoms with Crippen molar-refractivity contribution in [3.05, 3.63) is 22.4 Å². The highest BCUT2D eigenvalue weighted by molar-refractivity contribution is 9.10. The van der Waals surface area contributed by atoms with Gasteiger partial charge in [0.1, 0.15) is 5.69 Å². The lowest BCUT2D eigenvalue weighted by molar-refractivity contribution is -0.119. The first-order valence-corrected chi connectivity index (χ1v) is 6.96. The lowest BCUT2D eigenvalue weighted by atomic mass is 10.2. The summed E-state index contributed by atoms with van der Waals surface area (Å²) in [7, 11) is 1.93. The van der Waals surface area contributed by atoms with E-state index < -0.39 is 0 Å². The molecule has 0 aliphatic carbocycles. The highest BCUT2D eigenvalue weighted by atomic mass is 79.9. The van der Waals surface area contributed by atoms with Gasteiger partial charge in [-0.05, 0) is 48.4 Å². The third kappa shape index (κ3) is 3.19. The summed E-state index contributed by atoms with van der Waals surface area (Å²) < 4.78 is 0.729. The van der Waals surface area contributed by atoms with Gasteiger partial charge >= 0.3 is 0 Å². The maximum Gasteiger partial charge on any atom is 0.241 e. The molecule has 1 aromatic heterocycles. The number of halogens is 1. The lowest BCUT2D eigenvalue weighted by Crippen LogP contribution is -2.37. The first-order chi connectivity index (χ1) is 8.99. The molecule has 19 heavy (non-hydrogen) atoms. The van der Waals surface area contributed by atoms with Crippen molar-refractivity contribution in [3.63, 3.8) is 0 Å². The molecule has 1 N–H and O–H groups in total.